The lowest BCUT2D eigenvalue weighted by molar-refractivity contribution is -0.678. The second-order valence-electron chi connectivity index (χ2n) is 10.0. The van der Waals surface area contributed by atoms with Gasteiger partial charge in [-0.2, -0.15) is 7.05 Å². The highest BCUT2D eigenvalue weighted by Gasteiger charge is 2.55. The van der Waals surface area contributed by atoms with Gasteiger partial charge in [0.15, 0.2) is 0 Å². The van der Waals surface area contributed by atoms with Crippen LogP contribution in [0.4, 0.5) is 0 Å². The van der Waals surface area contributed by atoms with E-state index in [1.807, 2.05) is 5.32 Å². The van der Waals surface area contributed by atoms with Gasteiger partial charge in [-0.1, -0.05) is 11.6 Å². The molecule has 1 saturated heterocycles. The van der Waals surface area contributed by atoms with Crippen molar-refractivity contribution in [2.24, 2.45) is 17.8 Å². The maximum atomic E-state index is 11.2. The Morgan fingerprint density at radius 2 is 2.00 bits per heavy atom. The summed E-state index contributed by atoms with van der Waals surface area (Å²) in [5.74, 6) is 1.52. The molecule has 0 unspecified atom stereocenters. The Morgan fingerprint density at radius 3 is 2.65 bits per heavy atom. The average Bonchev–Trinajstić information content (AvgIpc) is 2.99. The summed E-state index contributed by atoms with van der Waals surface area (Å²) in [6.07, 6.45) is 10.3. The summed E-state index contributed by atoms with van der Waals surface area (Å²) in [7, 11) is 4.02. The standard InChI is InChI=1S/C22H38N2O2/c1-15-7-8-17-16(13-15)18(9-11-21(17,4)24-14-25)22(5)12-10-19(26-22)20(2,3)23-6/h13-14,16-19H,6-12,23H2,1-5H3,(H,24,25)/t16-,17+,18-,19-,21-,22+/m1/s1. The number of carbonyl (C=O) groups excluding carboxylic acids is 1. The number of nitrogens with one attached hydrogen (secondary N) is 1. The van der Waals surface area contributed by atoms with E-state index in [1.54, 1.807) is 0 Å². The lowest BCUT2D eigenvalue weighted by Crippen LogP contribution is -2.92. The molecule has 1 amide bonds. The summed E-state index contributed by atoms with van der Waals surface area (Å²) in [6, 6.07) is 0. The third-order valence-electron chi connectivity index (χ3n) is 7.89. The zero-order valence-electron chi connectivity index (χ0n) is 17.3. The van der Waals surface area contributed by atoms with Crippen molar-refractivity contribution in [3.63, 3.8) is 0 Å². The molecule has 148 valence electrons. The number of carbonyl (C=O) groups is 1. The van der Waals surface area contributed by atoms with Crippen molar-refractivity contribution < 1.29 is 14.8 Å². The van der Waals surface area contributed by atoms with Gasteiger partial charge in [0.05, 0.1) is 11.1 Å². The second kappa shape index (κ2) is 6.94. The van der Waals surface area contributed by atoms with Crippen LogP contribution in [0, 0.1) is 24.8 Å². The molecule has 0 radical (unpaired) electrons. The molecule has 6 atom stereocenters. The van der Waals surface area contributed by atoms with E-state index in [2.05, 4.69) is 53.1 Å². The summed E-state index contributed by atoms with van der Waals surface area (Å²) < 4.78 is 6.77. The van der Waals surface area contributed by atoms with E-state index in [1.165, 1.54) is 12.0 Å². The molecule has 1 heterocycles. The summed E-state index contributed by atoms with van der Waals surface area (Å²) >= 11 is 0. The van der Waals surface area contributed by atoms with E-state index in [4.69, 9.17) is 4.74 Å². The highest BCUT2D eigenvalue weighted by Crippen LogP contribution is 2.54. The first-order valence-corrected chi connectivity index (χ1v) is 10.4. The van der Waals surface area contributed by atoms with Crippen molar-refractivity contribution in [3.8, 4) is 0 Å². The Bertz CT molecular complexity index is 572. The number of rotatable bonds is 5. The first-order chi connectivity index (χ1) is 12.1. The monoisotopic (exact) mass is 362 g/mol. The van der Waals surface area contributed by atoms with Crippen LogP contribution in [-0.4, -0.2) is 29.2 Å². The van der Waals surface area contributed by atoms with Crippen LogP contribution in [0.25, 0.3) is 0 Å². The summed E-state index contributed by atoms with van der Waals surface area (Å²) in [5.41, 5.74) is 1.34. The Balaban J connectivity index is 1.86. The fraction of sp³-hybridized carbons (Fsp3) is 0.818. The molecule has 1 aliphatic heterocycles. The van der Waals surface area contributed by atoms with Crippen molar-refractivity contribution >= 4 is 6.41 Å². The van der Waals surface area contributed by atoms with Crippen LogP contribution < -0.4 is 10.6 Å². The molecular formula is C22H38N2O2. The molecule has 0 aromatic heterocycles. The molecule has 2 fully saturated rings. The molecule has 0 bridgehead atoms. The minimum atomic E-state index is -0.0884. The lowest BCUT2D eigenvalue weighted by atomic mass is 9.56. The number of quaternary nitrogens is 1. The molecule has 2 aliphatic carbocycles. The van der Waals surface area contributed by atoms with Gasteiger partial charge in [-0.3, -0.25) is 4.79 Å². The highest BCUT2D eigenvalue weighted by atomic mass is 16.5. The molecule has 3 N–H and O–H groups in total. The van der Waals surface area contributed by atoms with Gasteiger partial charge >= 0.3 is 0 Å². The van der Waals surface area contributed by atoms with Crippen molar-refractivity contribution in [2.75, 3.05) is 0 Å². The number of hydrogen-bond acceptors (Lipinski definition) is 2. The van der Waals surface area contributed by atoms with Crippen LogP contribution >= 0.6 is 0 Å². The predicted molar refractivity (Wildman–Crippen MR) is 104 cm³/mol. The molecule has 1 saturated carbocycles. The second-order valence-corrected chi connectivity index (χ2v) is 10.0. The number of hydrogen-bond donors (Lipinski definition) is 2. The van der Waals surface area contributed by atoms with Crippen molar-refractivity contribution in [1.82, 2.24) is 5.32 Å². The van der Waals surface area contributed by atoms with Crippen LogP contribution in [0.15, 0.2) is 11.6 Å². The predicted octanol–water partition coefficient (Wildman–Crippen LogP) is 2.94. The molecular weight excluding hydrogens is 324 g/mol. The van der Waals surface area contributed by atoms with Crippen LogP contribution in [0.1, 0.15) is 73.1 Å². The lowest BCUT2D eigenvalue weighted by Gasteiger charge is -2.54. The molecule has 26 heavy (non-hydrogen) atoms. The summed E-state index contributed by atoms with van der Waals surface area (Å²) in [6.45, 7) is 11.3. The van der Waals surface area contributed by atoms with Gasteiger partial charge in [-0.25, -0.2) is 0 Å². The molecule has 3 rings (SSSR count). The zero-order valence-corrected chi connectivity index (χ0v) is 17.3. The fourth-order valence-corrected chi connectivity index (χ4v) is 5.89. The van der Waals surface area contributed by atoms with Crippen molar-refractivity contribution in [1.29, 1.82) is 0 Å². The van der Waals surface area contributed by atoms with Crippen LogP contribution in [0.2, 0.25) is 0 Å². The van der Waals surface area contributed by atoms with Gasteiger partial charge in [-0.15, -0.1) is 0 Å². The van der Waals surface area contributed by atoms with E-state index in [9.17, 15) is 4.79 Å². The number of ether oxygens (including phenoxy) is 1. The first kappa shape index (κ1) is 19.9. The first-order valence-electron chi connectivity index (χ1n) is 10.4. The molecule has 4 heteroatoms. The molecule has 3 aliphatic rings. The van der Waals surface area contributed by atoms with Crippen molar-refractivity contribution in [3.05, 3.63) is 18.7 Å². The minimum Gasteiger partial charge on any atom is -0.472 e. The van der Waals surface area contributed by atoms with Crippen molar-refractivity contribution in [2.45, 2.75) is 95.9 Å². The number of fused-ring (bicyclic) bond motifs is 1. The Morgan fingerprint density at radius 1 is 1.27 bits per heavy atom. The van der Waals surface area contributed by atoms with Crippen LogP contribution in [0.3, 0.4) is 0 Å². The van der Waals surface area contributed by atoms with Gasteiger partial charge in [0.1, 0.15) is 6.10 Å². The van der Waals surface area contributed by atoms with E-state index in [-0.39, 0.29) is 22.8 Å². The molecule has 0 aromatic carbocycles. The third-order valence-corrected chi connectivity index (χ3v) is 7.89. The Labute approximate surface area is 159 Å². The SMILES string of the molecule is [CH2-][NH2+]C(C)(C)[C@H]1CC[C@@](C)([C@@H]2CC[C@@](C)(NC=O)[C@H]3CCC(C)=C[C@@H]23)O1. The molecule has 0 aromatic rings. The van der Waals surface area contributed by atoms with E-state index in [0.29, 0.717) is 17.8 Å². The maximum absolute atomic E-state index is 11.2. The topological polar surface area (TPSA) is 54.9 Å². The van der Waals surface area contributed by atoms with Gasteiger partial charge in [0.2, 0.25) is 6.41 Å². The largest absolute Gasteiger partial charge is 0.472 e. The summed E-state index contributed by atoms with van der Waals surface area (Å²) in [5, 5.41) is 5.22. The number of nitrogens with two attached hydrogens (primary N) is 1. The Kier molecular flexibility index (Phi) is 5.31. The van der Waals surface area contributed by atoms with Crippen LogP contribution in [-0.2, 0) is 9.53 Å². The van der Waals surface area contributed by atoms with Gasteiger partial charge < -0.3 is 15.4 Å². The van der Waals surface area contributed by atoms with Gasteiger partial charge in [0, 0.05) is 5.54 Å². The van der Waals surface area contributed by atoms with E-state index < -0.39 is 0 Å². The normalized spacial score (nSPS) is 43.5. The number of allylic oxidation sites excluding steroid dienone is 2. The fourth-order valence-electron chi connectivity index (χ4n) is 5.89. The minimum absolute atomic E-state index is 0.0116. The molecule has 4 nitrogen and oxygen atoms in total. The summed E-state index contributed by atoms with van der Waals surface area (Å²) in [4.78, 5) is 11.2. The van der Waals surface area contributed by atoms with E-state index in [0.717, 1.165) is 38.5 Å². The van der Waals surface area contributed by atoms with E-state index >= 15 is 0 Å². The maximum Gasteiger partial charge on any atom is 0.207 e. The average molecular weight is 363 g/mol. The quantitative estimate of drug-likeness (QED) is 0.449. The smallest absolute Gasteiger partial charge is 0.207 e. The van der Waals surface area contributed by atoms with Crippen LogP contribution in [0.5, 0.6) is 0 Å². The third kappa shape index (κ3) is 3.35. The highest BCUT2D eigenvalue weighted by molar-refractivity contribution is 5.48. The molecule has 0 spiro atoms. The van der Waals surface area contributed by atoms with Gasteiger partial charge in [0.25, 0.3) is 0 Å². The number of amides is 1. The zero-order chi connectivity index (χ0) is 19.2. The van der Waals surface area contributed by atoms with Gasteiger partial charge in [-0.05, 0) is 90.9 Å². The Hall–Kier alpha value is -0.870.